The quantitative estimate of drug-likeness (QED) is 0.454. The second-order valence-electron chi connectivity index (χ2n) is 3.30. The number of hydrogen-bond acceptors (Lipinski definition) is 5. The van der Waals surface area contributed by atoms with Crippen LogP contribution < -0.4 is 11.3 Å². The molecule has 0 fully saturated rings. The van der Waals surface area contributed by atoms with E-state index in [0.717, 1.165) is 11.4 Å². The molecule has 1 unspecified atom stereocenters. The molecule has 0 aliphatic rings. The molecule has 2 aromatic heterocycles. The van der Waals surface area contributed by atoms with Crippen molar-refractivity contribution < 1.29 is 0 Å². The third-order valence-corrected chi connectivity index (χ3v) is 2.17. The van der Waals surface area contributed by atoms with Crippen LogP contribution in [-0.4, -0.2) is 25.2 Å². The van der Waals surface area contributed by atoms with Crippen LogP contribution in [-0.2, 0) is 13.5 Å². The van der Waals surface area contributed by atoms with E-state index in [1.54, 1.807) is 10.9 Å². The predicted molar refractivity (Wildman–Crippen MR) is 53.4 cm³/mol. The first kappa shape index (κ1) is 9.81. The summed E-state index contributed by atoms with van der Waals surface area (Å²) in [4.78, 5) is 0. The Kier molecular flexibility index (Phi) is 2.75. The van der Waals surface area contributed by atoms with Crippen molar-refractivity contribution in [2.24, 2.45) is 12.9 Å². The zero-order valence-corrected chi connectivity index (χ0v) is 8.38. The zero-order valence-electron chi connectivity index (χ0n) is 8.38. The third kappa shape index (κ3) is 2.20. The first-order valence-electron chi connectivity index (χ1n) is 4.60. The van der Waals surface area contributed by atoms with Gasteiger partial charge in [-0.15, -0.1) is 0 Å². The molecule has 0 amide bonds. The van der Waals surface area contributed by atoms with E-state index < -0.39 is 0 Å². The van der Waals surface area contributed by atoms with Crippen molar-refractivity contribution in [3.8, 4) is 0 Å². The average Bonchev–Trinajstić information content (AvgIpc) is 2.85. The molecule has 2 heterocycles. The molecule has 0 aromatic carbocycles. The normalized spacial score (nSPS) is 12.9. The maximum absolute atomic E-state index is 5.45. The number of H-pyrrole nitrogens is 1. The van der Waals surface area contributed by atoms with E-state index in [-0.39, 0.29) is 6.04 Å². The molecule has 80 valence electrons. The van der Waals surface area contributed by atoms with Crippen LogP contribution >= 0.6 is 0 Å². The van der Waals surface area contributed by atoms with Crippen LogP contribution in [0.2, 0.25) is 0 Å². The molecule has 7 heteroatoms. The van der Waals surface area contributed by atoms with Crippen LogP contribution in [0.15, 0.2) is 18.5 Å². The van der Waals surface area contributed by atoms with Gasteiger partial charge in [-0.05, 0) is 6.07 Å². The van der Waals surface area contributed by atoms with Gasteiger partial charge in [0.1, 0.15) is 5.69 Å². The second-order valence-corrected chi connectivity index (χ2v) is 3.30. The van der Waals surface area contributed by atoms with Crippen molar-refractivity contribution in [1.29, 1.82) is 0 Å². The van der Waals surface area contributed by atoms with Crippen molar-refractivity contribution >= 4 is 0 Å². The number of nitrogens with two attached hydrogens (primary N) is 1. The molecule has 0 radical (unpaired) electrons. The summed E-state index contributed by atoms with van der Waals surface area (Å²) in [5.74, 6) is 5.45. The average molecular weight is 207 g/mol. The molecule has 0 spiro atoms. The Morgan fingerprint density at radius 3 is 3.07 bits per heavy atom. The van der Waals surface area contributed by atoms with Gasteiger partial charge in [-0.2, -0.15) is 20.5 Å². The molecule has 7 nitrogen and oxygen atoms in total. The standard InChI is InChI=1S/C8H13N7/c1-15-3-2-6(13-15)4-7(11-9)8-5-10-14-12-8/h2-3,5,7,11H,4,9H2,1H3,(H,10,12,14). The molecular formula is C8H13N7. The molecule has 1 atom stereocenters. The fraction of sp³-hybridized carbons (Fsp3) is 0.375. The molecule has 0 saturated heterocycles. The van der Waals surface area contributed by atoms with Gasteiger partial charge >= 0.3 is 0 Å². The predicted octanol–water partition coefficient (Wildman–Crippen LogP) is -0.715. The zero-order chi connectivity index (χ0) is 10.7. The lowest BCUT2D eigenvalue weighted by Crippen LogP contribution is -2.30. The lowest BCUT2D eigenvalue weighted by Gasteiger charge is -2.10. The Hall–Kier alpha value is -1.73. The molecule has 4 N–H and O–H groups in total. The Balaban J connectivity index is 2.09. The minimum absolute atomic E-state index is 0.0707. The fourth-order valence-electron chi connectivity index (χ4n) is 1.41. The summed E-state index contributed by atoms with van der Waals surface area (Å²) < 4.78 is 1.76. The van der Waals surface area contributed by atoms with Crippen LogP contribution in [0.4, 0.5) is 0 Å². The maximum atomic E-state index is 5.45. The molecule has 15 heavy (non-hydrogen) atoms. The topological polar surface area (TPSA) is 97.4 Å². The van der Waals surface area contributed by atoms with Crippen molar-refractivity contribution in [1.82, 2.24) is 30.6 Å². The van der Waals surface area contributed by atoms with Gasteiger partial charge in [0.05, 0.1) is 17.9 Å². The third-order valence-electron chi connectivity index (χ3n) is 2.17. The van der Waals surface area contributed by atoms with Crippen LogP contribution in [0.3, 0.4) is 0 Å². The summed E-state index contributed by atoms with van der Waals surface area (Å²) in [6.45, 7) is 0. The van der Waals surface area contributed by atoms with Gasteiger partial charge in [-0.1, -0.05) is 0 Å². The van der Waals surface area contributed by atoms with Gasteiger partial charge in [-0.3, -0.25) is 16.0 Å². The van der Waals surface area contributed by atoms with Gasteiger partial charge in [0.25, 0.3) is 0 Å². The first-order valence-corrected chi connectivity index (χ1v) is 4.60. The highest BCUT2D eigenvalue weighted by molar-refractivity contribution is 5.07. The van der Waals surface area contributed by atoms with Crippen molar-refractivity contribution in [2.45, 2.75) is 12.5 Å². The van der Waals surface area contributed by atoms with Gasteiger partial charge in [0.2, 0.25) is 0 Å². The molecule has 0 bridgehead atoms. The molecule has 2 aromatic rings. The minimum Gasteiger partial charge on any atom is -0.276 e. The highest BCUT2D eigenvalue weighted by atomic mass is 15.3. The smallest absolute Gasteiger partial charge is 0.101 e. The van der Waals surface area contributed by atoms with E-state index in [0.29, 0.717) is 6.42 Å². The molecular weight excluding hydrogens is 194 g/mol. The van der Waals surface area contributed by atoms with Crippen molar-refractivity contribution in [3.05, 3.63) is 29.8 Å². The largest absolute Gasteiger partial charge is 0.276 e. The lowest BCUT2D eigenvalue weighted by molar-refractivity contribution is 0.527. The molecule has 0 aliphatic heterocycles. The Morgan fingerprint density at radius 1 is 1.67 bits per heavy atom. The Morgan fingerprint density at radius 2 is 2.53 bits per heavy atom. The number of hydrazine groups is 1. The monoisotopic (exact) mass is 207 g/mol. The number of aryl methyl sites for hydroxylation is 1. The molecule has 0 aliphatic carbocycles. The Bertz CT molecular complexity index is 404. The van der Waals surface area contributed by atoms with E-state index in [1.807, 2.05) is 19.3 Å². The van der Waals surface area contributed by atoms with Crippen LogP contribution in [0, 0.1) is 0 Å². The number of nitrogens with zero attached hydrogens (tertiary/aromatic N) is 4. The van der Waals surface area contributed by atoms with Crippen molar-refractivity contribution in [3.63, 3.8) is 0 Å². The van der Waals surface area contributed by atoms with E-state index in [9.17, 15) is 0 Å². The van der Waals surface area contributed by atoms with E-state index >= 15 is 0 Å². The van der Waals surface area contributed by atoms with Crippen LogP contribution in [0.25, 0.3) is 0 Å². The number of aromatic amines is 1. The number of hydrogen-bond donors (Lipinski definition) is 3. The number of nitrogens with one attached hydrogen (secondary N) is 2. The van der Waals surface area contributed by atoms with Crippen LogP contribution in [0.5, 0.6) is 0 Å². The SMILES string of the molecule is Cn1ccc(CC(NN)c2cn[nH]n2)n1. The number of rotatable bonds is 4. The molecule has 2 rings (SSSR count). The second kappa shape index (κ2) is 4.20. The highest BCUT2D eigenvalue weighted by Gasteiger charge is 2.14. The highest BCUT2D eigenvalue weighted by Crippen LogP contribution is 2.12. The minimum atomic E-state index is -0.0707. The summed E-state index contributed by atoms with van der Waals surface area (Å²) in [6, 6.07) is 1.88. The number of aromatic nitrogens is 5. The van der Waals surface area contributed by atoms with Crippen molar-refractivity contribution in [2.75, 3.05) is 0 Å². The fourth-order valence-corrected chi connectivity index (χ4v) is 1.41. The maximum Gasteiger partial charge on any atom is 0.101 e. The van der Waals surface area contributed by atoms with Gasteiger partial charge < -0.3 is 0 Å². The first-order chi connectivity index (χ1) is 7.29. The summed E-state index contributed by atoms with van der Waals surface area (Å²) in [6.07, 6.45) is 4.23. The van der Waals surface area contributed by atoms with Gasteiger partial charge in [0.15, 0.2) is 0 Å². The summed E-state index contributed by atoms with van der Waals surface area (Å²) in [5.41, 5.74) is 4.43. The summed E-state index contributed by atoms with van der Waals surface area (Å²) >= 11 is 0. The lowest BCUT2D eigenvalue weighted by atomic mass is 10.1. The van der Waals surface area contributed by atoms with Gasteiger partial charge in [0, 0.05) is 19.7 Å². The van der Waals surface area contributed by atoms with E-state index in [2.05, 4.69) is 25.9 Å². The summed E-state index contributed by atoms with van der Waals surface area (Å²) in [5, 5.41) is 14.5. The summed E-state index contributed by atoms with van der Waals surface area (Å²) in [7, 11) is 1.88. The van der Waals surface area contributed by atoms with E-state index in [1.165, 1.54) is 0 Å². The van der Waals surface area contributed by atoms with Gasteiger partial charge in [-0.25, -0.2) is 0 Å². The van der Waals surface area contributed by atoms with Crippen LogP contribution in [0.1, 0.15) is 17.4 Å². The van der Waals surface area contributed by atoms with E-state index in [4.69, 9.17) is 5.84 Å². The molecule has 0 saturated carbocycles. The Labute approximate surface area is 86.6 Å².